The van der Waals surface area contributed by atoms with Crippen LogP contribution < -0.4 is 5.73 Å². The molecule has 2 N–H and O–H groups in total. The van der Waals surface area contributed by atoms with E-state index in [4.69, 9.17) is 15.5 Å². The first-order valence-corrected chi connectivity index (χ1v) is 11.6. The number of hydrogen-bond donors (Lipinski definition) is 1. The third-order valence-electron chi connectivity index (χ3n) is 6.04. The second-order valence-electron chi connectivity index (χ2n) is 7.42. The molecule has 1 aromatic heterocycles. The van der Waals surface area contributed by atoms with Crippen molar-refractivity contribution in [3.63, 3.8) is 0 Å². The van der Waals surface area contributed by atoms with Crippen molar-refractivity contribution in [2.45, 2.75) is 38.8 Å². The van der Waals surface area contributed by atoms with Crippen molar-refractivity contribution in [2.75, 3.05) is 12.9 Å². The average Bonchev–Trinajstić information content (AvgIpc) is 3.15. The number of benzene rings is 1. The number of carbonyl (C=O) groups is 1. The number of ether oxygens (including phenoxy) is 1. The zero-order valence-electron chi connectivity index (χ0n) is 18.2. The molecule has 3 aliphatic heterocycles. The van der Waals surface area contributed by atoms with Gasteiger partial charge in [-0.25, -0.2) is 9.37 Å². The Hall–Kier alpha value is -2.64. The monoisotopic (exact) mass is 439 g/mol. The van der Waals surface area contributed by atoms with Gasteiger partial charge in [-0.2, -0.15) is 0 Å². The molecular formula is C24H26FN3O2S. The van der Waals surface area contributed by atoms with Crippen LogP contribution in [0.2, 0.25) is 0 Å². The molecule has 4 heterocycles. The summed E-state index contributed by atoms with van der Waals surface area (Å²) < 4.78 is 20.4. The van der Waals surface area contributed by atoms with Gasteiger partial charge in [0.15, 0.2) is 0 Å². The van der Waals surface area contributed by atoms with Gasteiger partial charge in [0.1, 0.15) is 12.4 Å². The number of allylic oxidation sites excluding steroid dienone is 1. The fourth-order valence-electron chi connectivity index (χ4n) is 4.44. The fraction of sp³-hybridized carbons (Fsp3) is 0.333. The predicted molar refractivity (Wildman–Crippen MR) is 123 cm³/mol. The molecular weight excluding hydrogens is 413 g/mol. The van der Waals surface area contributed by atoms with Gasteiger partial charge in [-0.3, -0.25) is 4.79 Å². The number of esters is 1. The standard InChI is InChI=1S/C22H20FN3O2S.C2H6/c1-10-12-6-17-21-14(8-26(17)11(2)15(12)9-28-22(10)27)13(7-24)19-16(25-21)4-5-18(29-3)20(19)23;1-2/h4-6,10H,2,7-9,24H2,1,3H3;1-2H3. The number of nitrogens with two attached hydrogens (primary N) is 1. The number of hydrogen-bond acceptors (Lipinski definition) is 6. The van der Waals surface area contributed by atoms with Gasteiger partial charge in [0.25, 0.3) is 0 Å². The van der Waals surface area contributed by atoms with Crippen molar-refractivity contribution in [2.24, 2.45) is 11.7 Å². The van der Waals surface area contributed by atoms with E-state index in [1.54, 1.807) is 6.07 Å². The second-order valence-corrected chi connectivity index (χ2v) is 8.27. The van der Waals surface area contributed by atoms with Crippen LogP contribution in [0.4, 0.5) is 4.39 Å². The lowest BCUT2D eigenvalue weighted by atomic mass is 9.88. The van der Waals surface area contributed by atoms with Crippen LogP contribution in [0, 0.1) is 11.7 Å². The molecule has 0 bridgehead atoms. The van der Waals surface area contributed by atoms with E-state index in [2.05, 4.69) is 11.5 Å². The van der Waals surface area contributed by atoms with Gasteiger partial charge in [-0.15, -0.1) is 11.8 Å². The first kappa shape index (κ1) is 21.6. The smallest absolute Gasteiger partial charge is 0.313 e. The Bertz CT molecular complexity index is 1190. The molecule has 2 aromatic rings. The first-order valence-electron chi connectivity index (χ1n) is 10.4. The highest BCUT2D eigenvalue weighted by atomic mass is 32.2. The summed E-state index contributed by atoms with van der Waals surface area (Å²) in [6, 6.07) is 3.60. The summed E-state index contributed by atoms with van der Waals surface area (Å²) in [5.74, 6) is -0.862. The van der Waals surface area contributed by atoms with Gasteiger partial charge in [0, 0.05) is 33.7 Å². The molecule has 0 spiro atoms. The highest BCUT2D eigenvalue weighted by Gasteiger charge is 2.39. The van der Waals surface area contributed by atoms with Crippen molar-refractivity contribution in [1.29, 1.82) is 0 Å². The van der Waals surface area contributed by atoms with E-state index < -0.39 is 0 Å². The number of cyclic esters (lactones) is 1. The molecule has 0 amide bonds. The lowest BCUT2D eigenvalue weighted by molar-refractivity contribution is -0.146. The highest BCUT2D eigenvalue weighted by Crippen LogP contribution is 2.46. The van der Waals surface area contributed by atoms with Gasteiger partial charge >= 0.3 is 5.97 Å². The summed E-state index contributed by atoms with van der Waals surface area (Å²) in [7, 11) is 0. The Kier molecular flexibility index (Phi) is 5.66. The van der Waals surface area contributed by atoms with E-state index in [1.807, 2.05) is 39.2 Å². The van der Waals surface area contributed by atoms with Crippen molar-refractivity contribution >= 4 is 34.3 Å². The van der Waals surface area contributed by atoms with E-state index in [1.165, 1.54) is 11.8 Å². The number of carbonyl (C=O) groups excluding carboxylic acids is 1. The predicted octanol–water partition coefficient (Wildman–Crippen LogP) is 4.75. The zero-order valence-corrected chi connectivity index (χ0v) is 19.0. The maximum atomic E-state index is 15.1. The van der Waals surface area contributed by atoms with Crippen LogP contribution in [0.15, 0.2) is 46.5 Å². The Balaban J connectivity index is 0.00000112. The molecule has 1 unspecified atom stereocenters. The normalized spacial score (nSPS) is 19.4. The van der Waals surface area contributed by atoms with Gasteiger partial charge < -0.3 is 15.4 Å². The minimum atomic E-state index is -0.356. The maximum Gasteiger partial charge on any atom is 0.313 e. The molecule has 0 saturated heterocycles. The second kappa shape index (κ2) is 8.13. The Morgan fingerprint density at radius 2 is 2.13 bits per heavy atom. The van der Waals surface area contributed by atoms with Gasteiger partial charge in [-0.1, -0.05) is 20.4 Å². The lowest BCUT2D eigenvalue weighted by Gasteiger charge is -2.34. The molecule has 0 aliphatic carbocycles. The van der Waals surface area contributed by atoms with E-state index in [9.17, 15) is 4.79 Å². The fourth-order valence-corrected chi connectivity index (χ4v) is 4.93. The summed E-state index contributed by atoms with van der Waals surface area (Å²) >= 11 is 1.37. The third kappa shape index (κ3) is 3.10. The number of halogens is 1. The minimum Gasteiger partial charge on any atom is -0.460 e. The van der Waals surface area contributed by atoms with E-state index in [-0.39, 0.29) is 30.9 Å². The summed E-state index contributed by atoms with van der Waals surface area (Å²) in [5.41, 5.74) is 12.7. The molecule has 7 heteroatoms. The van der Waals surface area contributed by atoms with E-state index >= 15 is 4.39 Å². The lowest BCUT2D eigenvalue weighted by Crippen LogP contribution is -2.31. The molecule has 5 rings (SSSR count). The van der Waals surface area contributed by atoms with Crippen molar-refractivity contribution in [3.8, 4) is 0 Å². The summed E-state index contributed by atoms with van der Waals surface area (Å²) in [5, 5.41) is 0.494. The van der Waals surface area contributed by atoms with Crippen LogP contribution in [-0.4, -0.2) is 28.7 Å². The molecule has 31 heavy (non-hydrogen) atoms. The SMILES string of the molecule is C=C1C2=C(C=C3c4nc5ccc(SC)c(F)c5c(CN)c4CN13)C(C)C(=O)OC2.CC. The van der Waals surface area contributed by atoms with Crippen LogP contribution in [0.1, 0.15) is 37.6 Å². The van der Waals surface area contributed by atoms with Gasteiger partial charge in [-0.05, 0) is 42.5 Å². The number of thioether (sulfide) groups is 1. The number of fused-ring (bicyclic) bond motifs is 4. The molecule has 0 fully saturated rings. The molecule has 0 saturated carbocycles. The summed E-state index contributed by atoms with van der Waals surface area (Å²) in [4.78, 5) is 19.5. The topological polar surface area (TPSA) is 68.5 Å². The van der Waals surface area contributed by atoms with E-state index in [0.717, 1.165) is 39.4 Å². The number of rotatable bonds is 2. The van der Waals surface area contributed by atoms with Crippen molar-refractivity contribution < 1.29 is 13.9 Å². The summed E-state index contributed by atoms with van der Waals surface area (Å²) in [6.07, 6.45) is 3.86. The Labute approximate surface area is 185 Å². The van der Waals surface area contributed by atoms with Crippen LogP contribution in [0.25, 0.3) is 16.6 Å². The molecule has 3 aliphatic rings. The van der Waals surface area contributed by atoms with Crippen LogP contribution in [-0.2, 0) is 22.6 Å². The number of aromatic nitrogens is 1. The zero-order chi connectivity index (χ0) is 22.4. The van der Waals surface area contributed by atoms with Gasteiger partial charge in [0.05, 0.1) is 29.4 Å². The van der Waals surface area contributed by atoms with Crippen molar-refractivity contribution in [1.82, 2.24) is 9.88 Å². The Morgan fingerprint density at radius 3 is 2.81 bits per heavy atom. The largest absolute Gasteiger partial charge is 0.460 e. The third-order valence-corrected chi connectivity index (χ3v) is 6.79. The Morgan fingerprint density at radius 1 is 1.39 bits per heavy atom. The molecule has 5 nitrogen and oxygen atoms in total. The summed E-state index contributed by atoms with van der Waals surface area (Å²) in [6.45, 7) is 11.1. The van der Waals surface area contributed by atoms with Crippen molar-refractivity contribution in [3.05, 3.63) is 64.3 Å². The number of pyridine rings is 1. The quantitative estimate of drug-likeness (QED) is 0.538. The van der Waals surface area contributed by atoms with E-state index in [0.29, 0.717) is 22.3 Å². The first-order chi connectivity index (χ1) is 15.0. The molecule has 1 atom stereocenters. The van der Waals surface area contributed by atoms with Gasteiger partial charge in [0.2, 0.25) is 0 Å². The minimum absolute atomic E-state index is 0.217. The molecule has 0 radical (unpaired) electrons. The van der Waals surface area contributed by atoms with Crippen LogP contribution in [0.3, 0.4) is 0 Å². The number of nitrogens with zero attached hydrogens (tertiary/aromatic N) is 2. The average molecular weight is 440 g/mol. The molecule has 1 aromatic carbocycles. The molecule has 162 valence electrons. The maximum absolute atomic E-state index is 15.1. The van der Waals surface area contributed by atoms with Crippen LogP contribution >= 0.6 is 11.8 Å². The van der Waals surface area contributed by atoms with Crippen LogP contribution in [0.5, 0.6) is 0 Å². The highest BCUT2D eigenvalue weighted by molar-refractivity contribution is 7.98.